The predicted molar refractivity (Wildman–Crippen MR) is 81.1 cm³/mol. The normalized spacial score (nSPS) is 10.9. The number of aromatic hydroxyl groups is 2. The third-order valence-electron chi connectivity index (χ3n) is 2.69. The average molecular weight is 323 g/mol. The number of hydrogen-bond donors (Lipinski definition) is 2. The Kier molecular flexibility index (Phi) is 7.22. The van der Waals surface area contributed by atoms with Gasteiger partial charge < -0.3 is 10.2 Å². The van der Waals surface area contributed by atoms with Gasteiger partial charge >= 0.3 is 17.1 Å². The smallest absolute Gasteiger partial charge is 0.507 e. The number of benzene rings is 2. The molecule has 2 N–H and O–H groups in total. The summed E-state index contributed by atoms with van der Waals surface area (Å²) >= 11 is 0. The molecule has 0 aromatic heterocycles. The molecule has 106 valence electrons. The van der Waals surface area contributed by atoms with E-state index in [-0.39, 0.29) is 28.6 Å². The molecular formula is C16H16MnN2O2+3. The first-order chi connectivity index (χ1) is 9.77. The minimum absolute atomic E-state index is 0. The third kappa shape index (κ3) is 5.42. The fourth-order valence-electron chi connectivity index (χ4n) is 1.63. The van der Waals surface area contributed by atoms with Crippen LogP contribution in [0.1, 0.15) is 11.1 Å². The van der Waals surface area contributed by atoms with E-state index in [4.69, 9.17) is 0 Å². The Morgan fingerprint density at radius 2 is 1.10 bits per heavy atom. The van der Waals surface area contributed by atoms with E-state index < -0.39 is 0 Å². The van der Waals surface area contributed by atoms with Crippen LogP contribution in [-0.4, -0.2) is 35.7 Å². The quantitative estimate of drug-likeness (QED) is 0.505. The van der Waals surface area contributed by atoms with E-state index in [9.17, 15) is 10.2 Å². The third-order valence-corrected chi connectivity index (χ3v) is 2.69. The van der Waals surface area contributed by atoms with Crippen LogP contribution in [0.25, 0.3) is 0 Å². The predicted octanol–water partition coefficient (Wildman–Crippen LogP) is 2.63. The number of hydrogen-bond acceptors (Lipinski definition) is 4. The Balaban J connectivity index is 0.00000220. The fourth-order valence-corrected chi connectivity index (χ4v) is 1.63. The van der Waals surface area contributed by atoms with Gasteiger partial charge in [-0.3, -0.25) is 9.98 Å². The van der Waals surface area contributed by atoms with Gasteiger partial charge in [-0.2, -0.15) is 0 Å². The molecule has 0 atom stereocenters. The van der Waals surface area contributed by atoms with Crippen molar-refractivity contribution in [1.29, 1.82) is 0 Å². The number of aliphatic imine (C=N–C) groups is 2. The first-order valence-corrected chi connectivity index (χ1v) is 6.33. The average Bonchev–Trinajstić information content (AvgIpc) is 2.46. The monoisotopic (exact) mass is 323 g/mol. The Morgan fingerprint density at radius 1 is 0.714 bits per heavy atom. The Morgan fingerprint density at radius 3 is 1.48 bits per heavy atom. The van der Waals surface area contributed by atoms with Crippen LogP contribution in [0.3, 0.4) is 0 Å². The van der Waals surface area contributed by atoms with Gasteiger partial charge in [0.15, 0.2) is 0 Å². The van der Waals surface area contributed by atoms with Crippen molar-refractivity contribution in [2.24, 2.45) is 9.98 Å². The van der Waals surface area contributed by atoms with Crippen LogP contribution in [0.4, 0.5) is 0 Å². The maximum Gasteiger partial charge on any atom is 3.00 e. The van der Waals surface area contributed by atoms with E-state index in [1.54, 1.807) is 48.8 Å². The summed E-state index contributed by atoms with van der Waals surface area (Å²) in [5.74, 6) is 0.433. The number of para-hydroxylation sites is 2. The summed E-state index contributed by atoms with van der Waals surface area (Å²) in [7, 11) is 0. The van der Waals surface area contributed by atoms with Gasteiger partial charge in [0.25, 0.3) is 0 Å². The molecule has 0 bridgehead atoms. The minimum Gasteiger partial charge on any atom is -0.507 e. The van der Waals surface area contributed by atoms with Crippen molar-refractivity contribution in [1.82, 2.24) is 0 Å². The van der Waals surface area contributed by atoms with Crippen molar-refractivity contribution >= 4 is 12.4 Å². The van der Waals surface area contributed by atoms with Gasteiger partial charge in [-0.15, -0.1) is 0 Å². The number of phenols is 2. The summed E-state index contributed by atoms with van der Waals surface area (Å²) in [6, 6.07) is 14.1. The summed E-state index contributed by atoms with van der Waals surface area (Å²) in [4.78, 5) is 8.39. The molecule has 4 nitrogen and oxygen atoms in total. The van der Waals surface area contributed by atoms with Gasteiger partial charge in [0.05, 0.1) is 13.1 Å². The second-order valence-corrected chi connectivity index (χ2v) is 4.19. The summed E-state index contributed by atoms with van der Waals surface area (Å²) < 4.78 is 0. The molecule has 0 saturated heterocycles. The molecule has 2 aromatic rings. The van der Waals surface area contributed by atoms with Crippen LogP contribution >= 0.6 is 0 Å². The number of nitrogens with zero attached hydrogens (tertiary/aromatic N) is 2. The second kappa shape index (κ2) is 8.95. The Hall–Kier alpha value is -2.10. The molecule has 0 aliphatic rings. The zero-order chi connectivity index (χ0) is 14.2. The van der Waals surface area contributed by atoms with Crippen LogP contribution in [0, 0.1) is 0 Å². The number of rotatable bonds is 5. The van der Waals surface area contributed by atoms with Crippen LogP contribution in [0.15, 0.2) is 58.5 Å². The van der Waals surface area contributed by atoms with Gasteiger partial charge in [0.2, 0.25) is 0 Å². The minimum atomic E-state index is 0. The van der Waals surface area contributed by atoms with E-state index in [0.29, 0.717) is 24.2 Å². The molecule has 0 amide bonds. The molecule has 0 spiro atoms. The van der Waals surface area contributed by atoms with Crippen molar-refractivity contribution in [3.63, 3.8) is 0 Å². The molecule has 0 unspecified atom stereocenters. The van der Waals surface area contributed by atoms with Gasteiger partial charge in [-0.05, 0) is 24.3 Å². The number of phenolic OH excluding ortho intramolecular Hbond substituents is 2. The first kappa shape index (κ1) is 17.0. The topological polar surface area (TPSA) is 65.2 Å². The maximum atomic E-state index is 9.54. The SMILES string of the molecule is Oc1ccccc1C=NCCN=Cc1ccccc1O.[Mn+3]. The fraction of sp³-hybridized carbons (Fsp3) is 0.125. The zero-order valence-electron chi connectivity index (χ0n) is 11.4. The summed E-state index contributed by atoms with van der Waals surface area (Å²) in [5.41, 5.74) is 1.38. The zero-order valence-corrected chi connectivity index (χ0v) is 12.5. The van der Waals surface area contributed by atoms with Gasteiger partial charge in [0.1, 0.15) is 11.5 Å². The molecular weight excluding hydrogens is 307 g/mol. The van der Waals surface area contributed by atoms with Crippen LogP contribution in [0.5, 0.6) is 11.5 Å². The van der Waals surface area contributed by atoms with Crippen LogP contribution in [-0.2, 0) is 17.1 Å². The van der Waals surface area contributed by atoms with Gasteiger partial charge in [-0.1, -0.05) is 24.3 Å². The van der Waals surface area contributed by atoms with Gasteiger partial charge in [0, 0.05) is 23.6 Å². The molecule has 2 rings (SSSR count). The van der Waals surface area contributed by atoms with E-state index >= 15 is 0 Å². The molecule has 5 heteroatoms. The molecule has 0 heterocycles. The molecule has 0 radical (unpaired) electrons. The summed E-state index contributed by atoms with van der Waals surface area (Å²) in [6.45, 7) is 1.05. The Labute approximate surface area is 134 Å². The van der Waals surface area contributed by atoms with E-state index in [1.165, 1.54) is 0 Å². The molecule has 21 heavy (non-hydrogen) atoms. The van der Waals surface area contributed by atoms with Crippen molar-refractivity contribution in [2.75, 3.05) is 13.1 Å². The summed E-state index contributed by atoms with van der Waals surface area (Å²) in [6.07, 6.45) is 3.26. The van der Waals surface area contributed by atoms with Crippen LogP contribution < -0.4 is 0 Å². The standard InChI is InChI=1S/C16H16N2O2.Mn/c19-15-7-3-1-5-13(15)11-17-9-10-18-12-14-6-2-4-8-16(14)20;/h1-8,11-12,19-20H,9-10H2;/q;+3. The maximum absolute atomic E-state index is 9.54. The van der Waals surface area contributed by atoms with Crippen molar-refractivity contribution in [3.05, 3.63) is 59.7 Å². The molecule has 0 aliphatic carbocycles. The van der Waals surface area contributed by atoms with Gasteiger partial charge in [-0.25, -0.2) is 0 Å². The largest absolute Gasteiger partial charge is 3.00 e. The van der Waals surface area contributed by atoms with Crippen molar-refractivity contribution in [2.45, 2.75) is 0 Å². The van der Waals surface area contributed by atoms with E-state index in [2.05, 4.69) is 9.98 Å². The van der Waals surface area contributed by atoms with Crippen LogP contribution in [0.2, 0.25) is 0 Å². The summed E-state index contributed by atoms with van der Waals surface area (Å²) in [5, 5.41) is 19.1. The van der Waals surface area contributed by atoms with Crippen molar-refractivity contribution in [3.8, 4) is 11.5 Å². The van der Waals surface area contributed by atoms with E-state index in [1.807, 2.05) is 12.1 Å². The van der Waals surface area contributed by atoms with Crippen molar-refractivity contribution < 1.29 is 27.3 Å². The molecule has 0 saturated carbocycles. The first-order valence-electron chi connectivity index (χ1n) is 6.33. The molecule has 0 aliphatic heterocycles. The second-order valence-electron chi connectivity index (χ2n) is 4.19. The molecule has 0 fully saturated rings. The Bertz CT molecular complexity index is 572. The molecule has 2 aromatic carbocycles. The van der Waals surface area contributed by atoms with E-state index in [0.717, 1.165) is 0 Å².